The van der Waals surface area contributed by atoms with Crippen LogP contribution in [-0.2, 0) is 14.3 Å². The first-order valence-corrected chi connectivity index (χ1v) is 9.45. The lowest BCUT2D eigenvalue weighted by atomic mass is 9.81. The van der Waals surface area contributed by atoms with Crippen molar-refractivity contribution in [2.45, 2.75) is 78.7 Å². The molecule has 0 aliphatic heterocycles. The van der Waals surface area contributed by atoms with Gasteiger partial charge in [0.1, 0.15) is 0 Å². The van der Waals surface area contributed by atoms with Crippen LogP contribution >= 0.6 is 0 Å². The van der Waals surface area contributed by atoms with Gasteiger partial charge in [-0.1, -0.05) is 17.7 Å². The van der Waals surface area contributed by atoms with Gasteiger partial charge < -0.3 is 4.74 Å². The number of carbonyl (C=O) groups excluding carboxylic acids is 2. The Bertz CT molecular complexity index is 661. The van der Waals surface area contributed by atoms with Crippen molar-refractivity contribution in [2.24, 2.45) is 0 Å². The smallest absolute Gasteiger partial charge is 0.185 e. The van der Waals surface area contributed by atoms with E-state index in [2.05, 4.69) is 26.5 Å². The van der Waals surface area contributed by atoms with Crippen molar-refractivity contribution in [1.82, 2.24) is 0 Å². The molecule has 0 saturated heterocycles. The molecule has 3 nitrogen and oxygen atoms in total. The molecule has 144 valence electrons. The van der Waals surface area contributed by atoms with Crippen molar-refractivity contribution in [3.8, 4) is 0 Å². The minimum absolute atomic E-state index is 0.00278. The Balaban J connectivity index is 2.74. The summed E-state index contributed by atoms with van der Waals surface area (Å²) in [5.41, 5.74) is 3.46. The van der Waals surface area contributed by atoms with Gasteiger partial charge in [-0.05, 0) is 73.1 Å². The van der Waals surface area contributed by atoms with Gasteiger partial charge in [0.25, 0.3) is 0 Å². The molecule has 0 saturated carbocycles. The molecule has 1 aliphatic rings. The number of ether oxygens (including phenoxy) is 1. The van der Waals surface area contributed by atoms with E-state index in [1.165, 1.54) is 5.57 Å². The van der Waals surface area contributed by atoms with E-state index in [-0.39, 0.29) is 17.2 Å². The lowest BCUT2D eigenvalue weighted by Crippen LogP contribution is -2.29. The van der Waals surface area contributed by atoms with Crippen LogP contribution in [0, 0.1) is 0 Å². The van der Waals surface area contributed by atoms with E-state index in [9.17, 15) is 9.59 Å². The van der Waals surface area contributed by atoms with Crippen LogP contribution in [0.25, 0.3) is 0 Å². The Morgan fingerprint density at radius 3 is 2.23 bits per heavy atom. The van der Waals surface area contributed by atoms with Crippen molar-refractivity contribution >= 4 is 11.6 Å². The van der Waals surface area contributed by atoms with Gasteiger partial charge in [0, 0.05) is 29.4 Å². The van der Waals surface area contributed by atoms with Crippen molar-refractivity contribution < 1.29 is 14.3 Å². The van der Waals surface area contributed by atoms with Crippen LogP contribution in [-0.4, -0.2) is 24.3 Å². The molecule has 1 atom stereocenters. The number of ketones is 2. The van der Waals surface area contributed by atoms with Gasteiger partial charge >= 0.3 is 0 Å². The van der Waals surface area contributed by atoms with E-state index in [4.69, 9.17) is 4.74 Å². The minimum atomic E-state index is -0.310. The van der Waals surface area contributed by atoms with E-state index < -0.39 is 0 Å². The van der Waals surface area contributed by atoms with Gasteiger partial charge in [0.15, 0.2) is 11.6 Å². The van der Waals surface area contributed by atoms with Gasteiger partial charge in [-0.25, -0.2) is 0 Å². The first kappa shape index (κ1) is 22.3. The van der Waals surface area contributed by atoms with Crippen LogP contribution in [0.1, 0.15) is 73.1 Å². The summed E-state index contributed by atoms with van der Waals surface area (Å²) in [6.07, 6.45) is 9.36. The third kappa shape index (κ3) is 5.63. The quantitative estimate of drug-likeness (QED) is 0.373. The molecule has 0 bridgehead atoms. The summed E-state index contributed by atoms with van der Waals surface area (Å²) in [5, 5.41) is 0. The number of hydrogen-bond donors (Lipinski definition) is 0. The summed E-state index contributed by atoms with van der Waals surface area (Å²) in [7, 11) is 1.72. The summed E-state index contributed by atoms with van der Waals surface area (Å²) in [6, 6.07) is 0. The molecular formula is C23H34O3. The Morgan fingerprint density at radius 2 is 1.65 bits per heavy atom. The van der Waals surface area contributed by atoms with Crippen LogP contribution in [0.3, 0.4) is 0 Å². The van der Waals surface area contributed by atoms with Crippen LogP contribution in [0.2, 0.25) is 0 Å². The third-order valence-electron chi connectivity index (χ3n) is 5.62. The van der Waals surface area contributed by atoms with Crippen LogP contribution in [0.4, 0.5) is 0 Å². The molecule has 0 aromatic rings. The van der Waals surface area contributed by atoms with Crippen molar-refractivity contribution in [3.63, 3.8) is 0 Å². The second kappa shape index (κ2) is 9.82. The largest absolute Gasteiger partial charge is 0.379 e. The lowest BCUT2D eigenvalue weighted by molar-refractivity contribution is -0.116. The molecule has 0 aromatic carbocycles. The van der Waals surface area contributed by atoms with E-state index >= 15 is 0 Å². The zero-order valence-electron chi connectivity index (χ0n) is 17.3. The fraction of sp³-hybridized carbons (Fsp3) is 0.565. The molecule has 0 spiro atoms. The Morgan fingerprint density at radius 1 is 1.04 bits per heavy atom. The standard InChI is InChI=1S/C23H34O3/c1-8-9-11-16(2)12-10-14-23(6,26-7)15-13-20-19(5)21(24)17(3)18(4)22(20)25/h8,12H,1,9-11,13-15H2,2-7H3/b16-12+/t23-/m0/s1. The van der Waals surface area contributed by atoms with E-state index in [1.807, 2.05) is 6.08 Å². The van der Waals surface area contributed by atoms with Gasteiger partial charge in [0.05, 0.1) is 5.60 Å². The fourth-order valence-corrected chi connectivity index (χ4v) is 3.23. The number of carbonyl (C=O) groups is 2. The van der Waals surface area contributed by atoms with E-state index in [0.717, 1.165) is 32.1 Å². The summed E-state index contributed by atoms with van der Waals surface area (Å²) in [4.78, 5) is 24.9. The molecule has 0 fully saturated rings. The summed E-state index contributed by atoms with van der Waals surface area (Å²) in [5.74, 6) is 0.00946. The number of Topliss-reactive ketones (excluding diaryl/α,β-unsaturated/α-hetero) is 2. The molecule has 0 unspecified atom stereocenters. The molecule has 0 radical (unpaired) electrons. The van der Waals surface area contributed by atoms with E-state index in [1.54, 1.807) is 27.9 Å². The maximum atomic E-state index is 12.6. The van der Waals surface area contributed by atoms with Gasteiger partial charge in [-0.2, -0.15) is 0 Å². The summed E-state index contributed by atoms with van der Waals surface area (Å²) < 4.78 is 5.76. The third-order valence-corrected chi connectivity index (χ3v) is 5.62. The number of rotatable bonds is 10. The van der Waals surface area contributed by atoms with Gasteiger partial charge in [-0.3, -0.25) is 9.59 Å². The Hall–Kier alpha value is -1.74. The fourth-order valence-electron chi connectivity index (χ4n) is 3.23. The Kier molecular flexibility index (Phi) is 8.42. The molecule has 0 N–H and O–H groups in total. The van der Waals surface area contributed by atoms with Gasteiger partial charge in [0.2, 0.25) is 0 Å². The van der Waals surface area contributed by atoms with Crippen LogP contribution in [0.5, 0.6) is 0 Å². The monoisotopic (exact) mass is 358 g/mol. The SMILES string of the molecule is C=CCC/C(C)=C/CC[C@@](C)(CCC1=C(C)C(=O)C(C)=C(C)C1=O)OC. The number of allylic oxidation sites excluding steroid dienone is 7. The molecule has 0 aromatic heterocycles. The molecule has 1 aliphatic carbocycles. The molecule has 0 heterocycles. The summed E-state index contributed by atoms with van der Waals surface area (Å²) in [6.45, 7) is 13.2. The zero-order chi connectivity index (χ0) is 19.9. The maximum Gasteiger partial charge on any atom is 0.185 e. The first-order valence-electron chi connectivity index (χ1n) is 9.45. The Labute approximate surface area is 158 Å². The highest BCUT2D eigenvalue weighted by molar-refractivity contribution is 6.24. The van der Waals surface area contributed by atoms with Crippen LogP contribution < -0.4 is 0 Å². The average molecular weight is 359 g/mol. The van der Waals surface area contributed by atoms with Gasteiger partial charge in [-0.15, -0.1) is 6.58 Å². The first-order chi connectivity index (χ1) is 12.2. The average Bonchev–Trinajstić information content (AvgIpc) is 2.63. The molecule has 1 rings (SSSR count). The topological polar surface area (TPSA) is 43.4 Å². The van der Waals surface area contributed by atoms with Crippen molar-refractivity contribution in [3.05, 3.63) is 46.6 Å². The predicted octanol–water partition coefficient (Wildman–Crippen LogP) is 5.67. The second-order valence-corrected chi connectivity index (χ2v) is 7.58. The number of hydrogen-bond acceptors (Lipinski definition) is 3. The normalized spacial score (nSPS) is 18.5. The predicted molar refractivity (Wildman–Crippen MR) is 108 cm³/mol. The molecule has 0 amide bonds. The molecular weight excluding hydrogens is 324 g/mol. The molecule has 26 heavy (non-hydrogen) atoms. The van der Waals surface area contributed by atoms with Crippen molar-refractivity contribution in [1.29, 1.82) is 0 Å². The highest BCUT2D eigenvalue weighted by Gasteiger charge is 2.30. The second-order valence-electron chi connectivity index (χ2n) is 7.58. The lowest BCUT2D eigenvalue weighted by Gasteiger charge is -2.29. The molecule has 3 heteroatoms. The van der Waals surface area contributed by atoms with Crippen molar-refractivity contribution in [2.75, 3.05) is 7.11 Å². The van der Waals surface area contributed by atoms with E-state index in [0.29, 0.717) is 28.7 Å². The highest BCUT2D eigenvalue weighted by atomic mass is 16.5. The highest BCUT2D eigenvalue weighted by Crippen LogP contribution is 2.31. The number of methoxy groups -OCH3 is 1. The van der Waals surface area contributed by atoms with Crippen LogP contribution in [0.15, 0.2) is 46.6 Å². The maximum absolute atomic E-state index is 12.6. The zero-order valence-corrected chi connectivity index (χ0v) is 17.3. The summed E-state index contributed by atoms with van der Waals surface area (Å²) >= 11 is 0. The minimum Gasteiger partial charge on any atom is -0.379 e.